The average molecular weight is 191 g/mol. The summed E-state index contributed by atoms with van der Waals surface area (Å²) in [4.78, 5) is 0. The highest BCUT2D eigenvalue weighted by Gasteiger charge is 2.00. The van der Waals surface area contributed by atoms with Crippen molar-refractivity contribution in [3.05, 3.63) is 35.4 Å². The Hall–Kier alpha value is -0.820. The molecule has 78 valence electrons. The molecule has 0 radical (unpaired) electrons. The molecule has 1 atom stereocenters. The van der Waals surface area contributed by atoms with Crippen LogP contribution in [0.15, 0.2) is 24.3 Å². The Morgan fingerprint density at radius 2 is 1.36 bits per heavy atom. The highest BCUT2D eigenvalue weighted by molar-refractivity contribution is 5.23. The van der Waals surface area contributed by atoms with Crippen LogP contribution in [0.25, 0.3) is 0 Å². The SMILES string of the molecule is CC(C)Cc1ccc(C[C@H](C)N)cc1. The number of hydrogen-bond acceptors (Lipinski definition) is 1. The summed E-state index contributed by atoms with van der Waals surface area (Å²) in [7, 11) is 0. The second-order valence-corrected chi connectivity index (χ2v) is 4.60. The van der Waals surface area contributed by atoms with E-state index in [1.165, 1.54) is 17.5 Å². The predicted octanol–water partition coefficient (Wildman–Crippen LogP) is 2.77. The highest BCUT2D eigenvalue weighted by Crippen LogP contribution is 2.10. The van der Waals surface area contributed by atoms with Crippen molar-refractivity contribution in [2.75, 3.05) is 0 Å². The lowest BCUT2D eigenvalue weighted by molar-refractivity contribution is 0.646. The zero-order chi connectivity index (χ0) is 10.6. The molecule has 0 heterocycles. The monoisotopic (exact) mass is 191 g/mol. The lowest BCUT2D eigenvalue weighted by Gasteiger charge is -2.08. The lowest BCUT2D eigenvalue weighted by atomic mass is 10.00. The Morgan fingerprint density at radius 3 is 1.71 bits per heavy atom. The molecule has 0 aromatic heterocycles. The first kappa shape index (κ1) is 11.3. The molecule has 0 fully saturated rings. The van der Waals surface area contributed by atoms with Crippen LogP contribution in [0.2, 0.25) is 0 Å². The molecule has 1 rings (SSSR count). The molecule has 0 bridgehead atoms. The van der Waals surface area contributed by atoms with Crippen molar-refractivity contribution in [2.24, 2.45) is 11.7 Å². The van der Waals surface area contributed by atoms with Crippen LogP contribution in [0.5, 0.6) is 0 Å². The molecular weight excluding hydrogens is 170 g/mol. The predicted molar refractivity (Wildman–Crippen MR) is 62.3 cm³/mol. The summed E-state index contributed by atoms with van der Waals surface area (Å²) in [5, 5.41) is 0. The maximum atomic E-state index is 5.74. The minimum atomic E-state index is 0.256. The minimum absolute atomic E-state index is 0.256. The van der Waals surface area contributed by atoms with Gasteiger partial charge in [0.05, 0.1) is 0 Å². The van der Waals surface area contributed by atoms with Gasteiger partial charge in [-0.05, 0) is 36.8 Å². The summed E-state index contributed by atoms with van der Waals surface area (Å²) in [6.45, 7) is 6.54. The van der Waals surface area contributed by atoms with Crippen molar-refractivity contribution in [1.82, 2.24) is 0 Å². The molecular formula is C13H21N. The molecule has 0 aliphatic carbocycles. The smallest absolute Gasteiger partial charge is 0.00509 e. The Balaban J connectivity index is 2.59. The molecule has 0 saturated heterocycles. The third-order valence-corrected chi connectivity index (χ3v) is 2.22. The molecule has 0 amide bonds. The van der Waals surface area contributed by atoms with Crippen LogP contribution in [0.4, 0.5) is 0 Å². The van der Waals surface area contributed by atoms with E-state index in [1.54, 1.807) is 0 Å². The Bertz CT molecular complexity index is 230. The van der Waals surface area contributed by atoms with Gasteiger partial charge in [-0.2, -0.15) is 0 Å². The van der Waals surface area contributed by atoms with E-state index < -0.39 is 0 Å². The molecule has 0 aliphatic heterocycles. The van der Waals surface area contributed by atoms with Gasteiger partial charge in [-0.25, -0.2) is 0 Å². The van der Waals surface area contributed by atoms with Gasteiger partial charge in [-0.1, -0.05) is 38.1 Å². The third kappa shape index (κ3) is 3.93. The maximum absolute atomic E-state index is 5.74. The van der Waals surface area contributed by atoms with E-state index in [1.807, 2.05) is 6.92 Å². The van der Waals surface area contributed by atoms with Gasteiger partial charge >= 0.3 is 0 Å². The largest absolute Gasteiger partial charge is 0.328 e. The van der Waals surface area contributed by atoms with Crippen LogP contribution in [0, 0.1) is 5.92 Å². The second kappa shape index (κ2) is 5.16. The number of nitrogens with two attached hydrogens (primary N) is 1. The molecule has 14 heavy (non-hydrogen) atoms. The molecule has 1 aromatic rings. The average Bonchev–Trinajstić information content (AvgIpc) is 2.06. The Labute approximate surface area is 87.3 Å². The van der Waals surface area contributed by atoms with E-state index in [4.69, 9.17) is 5.73 Å². The summed E-state index contributed by atoms with van der Waals surface area (Å²) in [6, 6.07) is 9.09. The molecule has 0 saturated carbocycles. The van der Waals surface area contributed by atoms with Gasteiger partial charge in [-0.3, -0.25) is 0 Å². The summed E-state index contributed by atoms with van der Waals surface area (Å²) >= 11 is 0. The summed E-state index contributed by atoms with van der Waals surface area (Å²) < 4.78 is 0. The van der Waals surface area contributed by atoms with Crippen molar-refractivity contribution in [3.63, 3.8) is 0 Å². The van der Waals surface area contributed by atoms with Crippen molar-refractivity contribution in [2.45, 2.75) is 39.7 Å². The van der Waals surface area contributed by atoms with Gasteiger partial charge < -0.3 is 5.73 Å². The van der Waals surface area contributed by atoms with Crippen molar-refractivity contribution >= 4 is 0 Å². The number of hydrogen-bond donors (Lipinski definition) is 1. The van der Waals surface area contributed by atoms with E-state index in [0.29, 0.717) is 0 Å². The topological polar surface area (TPSA) is 26.0 Å². The van der Waals surface area contributed by atoms with E-state index in [0.717, 1.165) is 12.3 Å². The molecule has 0 aliphatic rings. The number of benzene rings is 1. The van der Waals surface area contributed by atoms with E-state index in [-0.39, 0.29) is 6.04 Å². The summed E-state index contributed by atoms with van der Waals surface area (Å²) in [6.07, 6.45) is 2.14. The van der Waals surface area contributed by atoms with Crippen molar-refractivity contribution in [1.29, 1.82) is 0 Å². The first-order chi connectivity index (χ1) is 6.58. The van der Waals surface area contributed by atoms with E-state index in [2.05, 4.69) is 38.1 Å². The van der Waals surface area contributed by atoms with Gasteiger partial charge in [0.2, 0.25) is 0 Å². The molecule has 2 N–H and O–H groups in total. The Morgan fingerprint density at radius 1 is 0.929 bits per heavy atom. The zero-order valence-corrected chi connectivity index (χ0v) is 9.46. The molecule has 1 nitrogen and oxygen atoms in total. The van der Waals surface area contributed by atoms with E-state index in [9.17, 15) is 0 Å². The third-order valence-electron chi connectivity index (χ3n) is 2.22. The zero-order valence-electron chi connectivity index (χ0n) is 9.46. The van der Waals surface area contributed by atoms with Crippen LogP contribution in [-0.2, 0) is 12.8 Å². The quantitative estimate of drug-likeness (QED) is 0.778. The molecule has 0 spiro atoms. The fourth-order valence-electron chi connectivity index (χ4n) is 1.65. The second-order valence-electron chi connectivity index (χ2n) is 4.60. The van der Waals surface area contributed by atoms with Crippen LogP contribution in [0.1, 0.15) is 31.9 Å². The van der Waals surface area contributed by atoms with Crippen molar-refractivity contribution in [3.8, 4) is 0 Å². The minimum Gasteiger partial charge on any atom is -0.328 e. The fraction of sp³-hybridized carbons (Fsp3) is 0.538. The first-order valence-corrected chi connectivity index (χ1v) is 5.41. The van der Waals surface area contributed by atoms with Crippen LogP contribution in [-0.4, -0.2) is 6.04 Å². The summed E-state index contributed by atoms with van der Waals surface area (Å²) in [5.41, 5.74) is 8.51. The molecule has 1 aromatic carbocycles. The van der Waals surface area contributed by atoms with Crippen LogP contribution in [0.3, 0.4) is 0 Å². The van der Waals surface area contributed by atoms with Crippen LogP contribution >= 0.6 is 0 Å². The standard InChI is InChI=1S/C13H21N/c1-10(2)8-12-4-6-13(7-5-12)9-11(3)14/h4-7,10-11H,8-9,14H2,1-3H3/t11-/m0/s1. The molecule has 1 heteroatoms. The fourth-order valence-corrected chi connectivity index (χ4v) is 1.65. The van der Waals surface area contributed by atoms with Gasteiger partial charge in [-0.15, -0.1) is 0 Å². The first-order valence-electron chi connectivity index (χ1n) is 5.41. The van der Waals surface area contributed by atoms with Gasteiger partial charge in [0.25, 0.3) is 0 Å². The van der Waals surface area contributed by atoms with Crippen molar-refractivity contribution < 1.29 is 0 Å². The van der Waals surface area contributed by atoms with Gasteiger partial charge in [0, 0.05) is 6.04 Å². The molecule has 0 unspecified atom stereocenters. The lowest BCUT2D eigenvalue weighted by Crippen LogP contribution is -2.17. The summed E-state index contributed by atoms with van der Waals surface area (Å²) in [5.74, 6) is 0.731. The van der Waals surface area contributed by atoms with Gasteiger partial charge in [0.1, 0.15) is 0 Å². The normalized spacial score (nSPS) is 13.2. The highest BCUT2D eigenvalue weighted by atomic mass is 14.6. The number of rotatable bonds is 4. The van der Waals surface area contributed by atoms with Crippen LogP contribution < -0.4 is 5.73 Å². The maximum Gasteiger partial charge on any atom is 0.00509 e. The van der Waals surface area contributed by atoms with E-state index >= 15 is 0 Å². The Kier molecular flexibility index (Phi) is 4.15. The van der Waals surface area contributed by atoms with Gasteiger partial charge in [0.15, 0.2) is 0 Å².